The van der Waals surface area contributed by atoms with Crippen molar-refractivity contribution in [2.24, 2.45) is 0 Å². The lowest BCUT2D eigenvalue weighted by atomic mass is 10.1. The topological polar surface area (TPSA) is 60.9 Å². The maximum atomic E-state index is 12.7. The van der Waals surface area contributed by atoms with E-state index in [9.17, 15) is 13.2 Å². The molecule has 0 spiro atoms. The van der Waals surface area contributed by atoms with Crippen molar-refractivity contribution >= 4 is 21.6 Å². The van der Waals surface area contributed by atoms with Crippen LogP contribution in [0.2, 0.25) is 0 Å². The summed E-state index contributed by atoms with van der Waals surface area (Å²) >= 11 is 0. The van der Waals surface area contributed by atoms with E-state index in [-0.39, 0.29) is 10.8 Å². The van der Waals surface area contributed by atoms with Crippen LogP contribution in [0.5, 0.6) is 0 Å². The minimum absolute atomic E-state index is 0.150. The quantitative estimate of drug-likeness (QED) is 0.680. The van der Waals surface area contributed by atoms with E-state index < -0.39 is 10.0 Å². The lowest BCUT2D eigenvalue weighted by Crippen LogP contribution is -2.30. The molecule has 6 nitrogen and oxygen atoms in total. The third kappa shape index (κ3) is 4.91. The molecule has 0 radical (unpaired) electrons. The van der Waals surface area contributed by atoms with Crippen molar-refractivity contribution in [1.29, 1.82) is 0 Å². The number of carbonyl (C=O) groups is 1. The van der Waals surface area contributed by atoms with Crippen LogP contribution in [0.1, 0.15) is 29.8 Å². The monoisotopic (exact) mass is 403 g/mol. The number of hydrogen-bond donors (Lipinski definition) is 0. The molecule has 0 aliphatic rings. The van der Waals surface area contributed by atoms with Gasteiger partial charge in [-0.05, 0) is 42.0 Å². The average molecular weight is 404 g/mol. The second kappa shape index (κ2) is 9.21. The zero-order chi connectivity index (χ0) is 20.9. The van der Waals surface area contributed by atoms with Crippen LogP contribution in [0.15, 0.2) is 53.4 Å². The fourth-order valence-electron chi connectivity index (χ4n) is 2.95. The number of nitrogens with zero attached hydrogens (tertiary/aromatic N) is 3. The highest BCUT2D eigenvalue weighted by atomic mass is 32.2. The van der Waals surface area contributed by atoms with Gasteiger partial charge in [-0.2, -0.15) is 4.31 Å². The van der Waals surface area contributed by atoms with Crippen LogP contribution in [0.4, 0.5) is 5.69 Å². The van der Waals surface area contributed by atoms with E-state index in [0.717, 1.165) is 11.3 Å². The summed E-state index contributed by atoms with van der Waals surface area (Å²) in [5.74, 6) is -0.150. The zero-order valence-electron chi connectivity index (χ0n) is 17.2. The Hall–Kier alpha value is -2.38. The van der Waals surface area contributed by atoms with Crippen LogP contribution in [-0.4, -0.2) is 57.8 Å². The molecule has 152 valence electrons. The van der Waals surface area contributed by atoms with Crippen molar-refractivity contribution in [3.05, 3.63) is 59.7 Å². The van der Waals surface area contributed by atoms with Gasteiger partial charge in [0.15, 0.2) is 0 Å². The first-order valence-corrected chi connectivity index (χ1v) is 10.8. The smallest absolute Gasteiger partial charge is 0.253 e. The molecule has 2 aromatic rings. The number of benzene rings is 2. The molecule has 0 heterocycles. The Morgan fingerprint density at radius 2 is 1.39 bits per heavy atom. The van der Waals surface area contributed by atoms with E-state index in [1.807, 2.05) is 43.3 Å². The Labute approximate surface area is 168 Å². The van der Waals surface area contributed by atoms with Crippen LogP contribution >= 0.6 is 0 Å². The second-order valence-electron chi connectivity index (χ2n) is 6.84. The van der Waals surface area contributed by atoms with Crippen molar-refractivity contribution in [1.82, 2.24) is 9.21 Å². The van der Waals surface area contributed by atoms with E-state index in [1.165, 1.54) is 16.4 Å². The van der Waals surface area contributed by atoms with Gasteiger partial charge in [-0.3, -0.25) is 4.79 Å². The minimum Gasteiger partial charge on any atom is -0.378 e. The lowest BCUT2D eigenvalue weighted by molar-refractivity contribution is 0.0785. The molecule has 7 heteroatoms. The summed E-state index contributed by atoms with van der Waals surface area (Å²) in [6.45, 7) is 4.91. The van der Waals surface area contributed by atoms with Crippen LogP contribution in [-0.2, 0) is 16.6 Å². The standard InChI is InChI=1S/C21H29N3O3S/c1-6-24(7-2)28(26,27)20-14-10-18(11-15-20)21(25)23(5)16-17-8-12-19(13-9-17)22(3)4/h8-15H,6-7,16H2,1-5H3. The normalized spacial score (nSPS) is 11.5. The van der Waals surface area contributed by atoms with E-state index >= 15 is 0 Å². The molecule has 0 saturated heterocycles. The maximum Gasteiger partial charge on any atom is 0.253 e. The van der Waals surface area contributed by atoms with Gasteiger partial charge in [-0.1, -0.05) is 26.0 Å². The van der Waals surface area contributed by atoms with Crippen molar-refractivity contribution in [2.75, 3.05) is 39.1 Å². The van der Waals surface area contributed by atoms with Gasteiger partial charge >= 0.3 is 0 Å². The predicted octanol–water partition coefficient (Wildman–Crippen LogP) is 3.06. The fraction of sp³-hybridized carbons (Fsp3) is 0.381. The van der Waals surface area contributed by atoms with Gasteiger partial charge in [0.05, 0.1) is 4.90 Å². The Balaban J connectivity index is 2.11. The van der Waals surface area contributed by atoms with Gasteiger partial charge in [0.2, 0.25) is 10.0 Å². The molecule has 1 amide bonds. The second-order valence-corrected chi connectivity index (χ2v) is 8.77. The van der Waals surface area contributed by atoms with E-state index in [1.54, 1.807) is 37.9 Å². The molecular formula is C21H29N3O3S. The molecule has 0 aromatic heterocycles. The van der Waals surface area contributed by atoms with Gasteiger partial charge in [0.1, 0.15) is 0 Å². The first-order chi connectivity index (χ1) is 13.2. The van der Waals surface area contributed by atoms with Crippen molar-refractivity contribution < 1.29 is 13.2 Å². The van der Waals surface area contributed by atoms with Gasteiger partial charge < -0.3 is 9.80 Å². The number of anilines is 1. The third-order valence-electron chi connectivity index (χ3n) is 4.66. The van der Waals surface area contributed by atoms with Crippen LogP contribution in [0, 0.1) is 0 Å². The van der Waals surface area contributed by atoms with Gasteiger partial charge in [0.25, 0.3) is 5.91 Å². The Bertz CT molecular complexity index is 887. The highest BCUT2D eigenvalue weighted by molar-refractivity contribution is 7.89. The predicted molar refractivity (Wildman–Crippen MR) is 113 cm³/mol. The summed E-state index contributed by atoms with van der Waals surface area (Å²) in [7, 11) is 2.18. The highest BCUT2D eigenvalue weighted by Gasteiger charge is 2.22. The molecule has 0 unspecified atom stereocenters. The van der Waals surface area contributed by atoms with Gasteiger partial charge in [0, 0.05) is 52.0 Å². The van der Waals surface area contributed by atoms with Crippen molar-refractivity contribution in [3.63, 3.8) is 0 Å². The molecule has 28 heavy (non-hydrogen) atoms. The fourth-order valence-corrected chi connectivity index (χ4v) is 4.41. The molecule has 2 rings (SSSR count). The first-order valence-electron chi connectivity index (χ1n) is 9.32. The van der Waals surface area contributed by atoms with Crippen LogP contribution < -0.4 is 4.90 Å². The van der Waals surface area contributed by atoms with Crippen molar-refractivity contribution in [3.8, 4) is 0 Å². The molecule has 0 N–H and O–H groups in total. The Kier molecular flexibility index (Phi) is 7.21. The number of amides is 1. The molecular weight excluding hydrogens is 374 g/mol. The Morgan fingerprint density at radius 1 is 0.857 bits per heavy atom. The third-order valence-corrected chi connectivity index (χ3v) is 6.73. The van der Waals surface area contributed by atoms with E-state index in [0.29, 0.717) is 25.2 Å². The molecule has 0 atom stereocenters. The number of carbonyl (C=O) groups excluding carboxylic acids is 1. The first kappa shape index (κ1) is 21.9. The maximum absolute atomic E-state index is 12.7. The lowest BCUT2D eigenvalue weighted by Gasteiger charge is -2.20. The summed E-state index contributed by atoms with van der Waals surface area (Å²) in [6, 6.07) is 14.2. The SMILES string of the molecule is CCN(CC)S(=O)(=O)c1ccc(C(=O)N(C)Cc2ccc(N(C)C)cc2)cc1. The molecule has 0 saturated carbocycles. The van der Waals surface area contributed by atoms with Crippen molar-refractivity contribution in [2.45, 2.75) is 25.3 Å². The summed E-state index contributed by atoms with van der Waals surface area (Å²) < 4.78 is 26.5. The summed E-state index contributed by atoms with van der Waals surface area (Å²) in [4.78, 5) is 16.5. The van der Waals surface area contributed by atoms with Gasteiger partial charge in [-0.15, -0.1) is 0 Å². The Morgan fingerprint density at radius 3 is 1.86 bits per heavy atom. The molecule has 0 fully saturated rings. The zero-order valence-corrected chi connectivity index (χ0v) is 18.0. The van der Waals surface area contributed by atoms with Crippen LogP contribution in [0.25, 0.3) is 0 Å². The van der Waals surface area contributed by atoms with Crippen LogP contribution in [0.3, 0.4) is 0 Å². The number of sulfonamides is 1. The average Bonchev–Trinajstić information content (AvgIpc) is 2.68. The summed E-state index contributed by atoms with van der Waals surface area (Å²) in [5, 5.41) is 0. The molecule has 0 aliphatic carbocycles. The minimum atomic E-state index is -3.52. The van der Waals surface area contributed by atoms with E-state index in [2.05, 4.69) is 0 Å². The summed E-state index contributed by atoms with van der Waals surface area (Å²) in [6.07, 6.45) is 0. The number of hydrogen-bond acceptors (Lipinski definition) is 4. The molecule has 0 bridgehead atoms. The molecule has 0 aliphatic heterocycles. The number of rotatable bonds is 8. The molecule has 2 aromatic carbocycles. The largest absolute Gasteiger partial charge is 0.378 e. The van der Waals surface area contributed by atoms with E-state index in [4.69, 9.17) is 0 Å². The van der Waals surface area contributed by atoms with Gasteiger partial charge in [-0.25, -0.2) is 8.42 Å². The highest BCUT2D eigenvalue weighted by Crippen LogP contribution is 2.18. The summed E-state index contributed by atoms with van der Waals surface area (Å²) in [5.41, 5.74) is 2.59.